The predicted molar refractivity (Wildman–Crippen MR) is 64.1 cm³/mol. The second kappa shape index (κ2) is 5.40. The Hall–Kier alpha value is -1.95. The van der Waals surface area contributed by atoms with Crippen LogP contribution in [0.1, 0.15) is 12.0 Å². The summed E-state index contributed by atoms with van der Waals surface area (Å²) in [5, 5.41) is 23.1. The topological polar surface area (TPSA) is 75.9 Å². The standard InChI is InChI=1S/C11H15N5O/c1-9-3-4-10(16-8-13-14-15-16)7-11(9)12-5-2-6-17/h3-4,7-8,12,17H,2,5-6H2,1H3. The molecule has 0 amide bonds. The molecule has 6 heteroatoms. The SMILES string of the molecule is Cc1ccc(-n2cnnn2)cc1NCCCO. The maximum atomic E-state index is 8.75. The fourth-order valence-electron chi connectivity index (χ4n) is 1.52. The first-order valence-electron chi connectivity index (χ1n) is 5.50. The lowest BCUT2D eigenvalue weighted by Gasteiger charge is -2.10. The van der Waals surface area contributed by atoms with E-state index < -0.39 is 0 Å². The van der Waals surface area contributed by atoms with Crippen molar-refractivity contribution < 1.29 is 5.11 Å². The fourth-order valence-corrected chi connectivity index (χ4v) is 1.52. The van der Waals surface area contributed by atoms with Crippen molar-refractivity contribution in [1.82, 2.24) is 20.2 Å². The molecule has 0 spiro atoms. The lowest BCUT2D eigenvalue weighted by Crippen LogP contribution is -2.06. The van der Waals surface area contributed by atoms with Crippen LogP contribution in [0.3, 0.4) is 0 Å². The molecule has 6 nitrogen and oxygen atoms in total. The van der Waals surface area contributed by atoms with E-state index in [0.717, 1.165) is 29.9 Å². The molecular formula is C11H15N5O. The smallest absolute Gasteiger partial charge is 0.143 e. The van der Waals surface area contributed by atoms with E-state index in [1.807, 2.05) is 25.1 Å². The number of aliphatic hydroxyl groups excluding tert-OH is 1. The zero-order chi connectivity index (χ0) is 12.1. The van der Waals surface area contributed by atoms with Crippen LogP contribution in [0.5, 0.6) is 0 Å². The van der Waals surface area contributed by atoms with Gasteiger partial charge in [0, 0.05) is 18.8 Å². The Bertz CT molecular complexity index is 469. The molecule has 0 aliphatic carbocycles. The molecule has 0 radical (unpaired) electrons. The zero-order valence-corrected chi connectivity index (χ0v) is 9.67. The van der Waals surface area contributed by atoms with E-state index in [1.54, 1.807) is 11.0 Å². The van der Waals surface area contributed by atoms with Crippen LogP contribution >= 0.6 is 0 Å². The number of nitrogens with one attached hydrogen (secondary N) is 1. The second-order valence-corrected chi connectivity index (χ2v) is 3.76. The molecule has 0 aliphatic heterocycles. The lowest BCUT2D eigenvalue weighted by atomic mass is 10.2. The van der Waals surface area contributed by atoms with Crippen molar-refractivity contribution in [2.45, 2.75) is 13.3 Å². The average molecular weight is 233 g/mol. The van der Waals surface area contributed by atoms with Gasteiger partial charge in [0.05, 0.1) is 5.69 Å². The Morgan fingerprint density at radius 3 is 3.00 bits per heavy atom. The number of aliphatic hydroxyl groups is 1. The predicted octanol–water partition coefficient (Wildman–Crippen LogP) is 0.765. The first kappa shape index (κ1) is 11.5. The highest BCUT2D eigenvalue weighted by molar-refractivity contribution is 5.56. The van der Waals surface area contributed by atoms with Gasteiger partial charge in [0.25, 0.3) is 0 Å². The summed E-state index contributed by atoms with van der Waals surface area (Å²) in [6.07, 6.45) is 2.29. The molecule has 2 N–H and O–H groups in total. The molecule has 0 unspecified atom stereocenters. The van der Waals surface area contributed by atoms with E-state index in [2.05, 4.69) is 20.8 Å². The number of nitrogens with zero attached hydrogens (tertiary/aromatic N) is 4. The molecule has 0 fully saturated rings. The fraction of sp³-hybridized carbons (Fsp3) is 0.364. The van der Waals surface area contributed by atoms with Crippen LogP contribution in [0.2, 0.25) is 0 Å². The monoisotopic (exact) mass is 233 g/mol. The summed E-state index contributed by atoms with van der Waals surface area (Å²) in [6, 6.07) is 5.96. The Balaban J connectivity index is 2.18. The van der Waals surface area contributed by atoms with Crippen molar-refractivity contribution >= 4 is 5.69 Å². The Morgan fingerprint density at radius 1 is 1.41 bits per heavy atom. The molecule has 2 rings (SSSR count). The zero-order valence-electron chi connectivity index (χ0n) is 9.67. The summed E-state index contributed by atoms with van der Waals surface area (Å²) in [4.78, 5) is 0. The average Bonchev–Trinajstić information content (AvgIpc) is 2.85. The van der Waals surface area contributed by atoms with Crippen LogP contribution in [0.4, 0.5) is 5.69 Å². The van der Waals surface area contributed by atoms with Crippen LogP contribution in [-0.2, 0) is 0 Å². The summed E-state index contributed by atoms with van der Waals surface area (Å²) in [7, 11) is 0. The summed E-state index contributed by atoms with van der Waals surface area (Å²) in [6.45, 7) is 2.97. The van der Waals surface area contributed by atoms with Crippen LogP contribution in [0, 0.1) is 6.92 Å². The van der Waals surface area contributed by atoms with Gasteiger partial charge < -0.3 is 10.4 Å². The van der Waals surface area contributed by atoms with Crippen molar-refractivity contribution in [2.75, 3.05) is 18.5 Å². The van der Waals surface area contributed by atoms with Crippen LogP contribution in [-0.4, -0.2) is 38.5 Å². The van der Waals surface area contributed by atoms with E-state index in [0.29, 0.717) is 0 Å². The molecule has 1 aromatic carbocycles. The van der Waals surface area contributed by atoms with Crippen molar-refractivity contribution in [3.63, 3.8) is 0 Å². The normalized spacial score (nSPS) is 10.5. The molecule has 90 valence electrons. The molecular weight excluding hydrogens is 218 g/mol. The first-order chi connectivity index (χ1) is 8.31. The van der Waals surface area contributed by atoms with Crippen molar-refractivity contribution in [3.8, 4) is 5.69 Å². The molecule has 17 heavy (non-hydrogen) atoms. The maximum Gasteiger partial charge on any atom is 0.143 e. The van der Waals surface area contributed by atoms with E-state index in [9.17, 15) is 0 Å². The third-order valence-corrected chi connectivity index (χ3v) is 2.49. The van der Waals surface area contributed by atoms with Gasteiger partial charge in [-0.05, 0) is 41.5 Å². The van der Waals surface area contributed by atoms with E-state index in [4.69, 9.17) is 5.11 Å². The highest BCUT2D eigenvalue weighted by atomic mass is 16.3. The number of hydrogen-bond acceptors (Lipinski definition) is 5. The van der Waals surface area contributed by atoms with Gasteiger partial charge in [0.15, 0.2) is 0 Å². The lowest BCUT2D eigenvalue weighted by molar-refractivity contribution is 0.292. The minimum atomic E-state index is 0.193. The number of anilines is 1. The van der Waals surface area contributed by atoms with Crippen molar-refractivity contribution in [1.29, 1.82) is 0 Å². The Morgan fingerprint density at radius 2 is 2.29 bits per heavy atom. The van der Waals surface area contributed by atoms with Gasteiger partial charge in [-0.25, -0.2) is 4.68 Å². The van der Waals surface area contributed by atoms with Gasteiger partial charge in [-0.15, -0.1) is 5.10 Å². The minimum Gasteiger partial charge on any atom is -0.396 e. The third kappa shape index (κ3) is 2.79. The van der Waals surface area contributed by atoms with Crippen LogP contribution < -0.4 is 5.32 Å². The molecule has 2 aromatic rings. The molecule has 1 heterocycles. The third-order valence-electron chi connectivity index (χ3n) is 2.49. The van der Waals surface area contributed by atoms with Crippen molar-refractivity contribution in [2.24, 2.45) is 0 Å². The number of benzene rings is 1. The van der Waals surface area contributed by atoms with Gasteiger partial charge in [-0.2, -0.15) is 0 Å². The summed E-state index contributed by atoms with van der Waals surface area (Å²) in [5.41, 5.74) is 3.10. The quantitative estimate of drug-likeness (QED) is 0.746. The van der Waals surface area contributed by atoms with Crippen LogP contribution in [0.25, 0.3) is 5.69 Å². The maximum absolute atomic E-state index is 8.75. The molecule has 0 aliphatic rings. The molecule has 0 saturated carbocycles. The first-order valence-corrected chi connectivity index (χ1v) is 5.50. The van der Waals surface area contributed by atoms with Gasteiger partial charge in [0.1, 0.15) is 6.33 Å². The molecule has 0 bridgehead atoms. The molecule has 0 atom stereocenters. The molecule has 1 aromatic heterocycles. The van der Waals surface area contributed by atoms with Gasteiger partial charge >= 0.3 is 0 Å². The van der Waals surface area contributed by atoms with E-state index in [1.165, 1.54) is 0 Å². The number of hydrogen-bond donors (Lipinski definition) is 2. The number of aryl methyl sites for hydroxylation is 1. The van der Waals surface area contributed by atoms with Gasteiger partial charge in [0.2, 0.25) is 0 Å². The number of aromatic nitrogens is 4. The van der Waals surface area contributed by atoms with Crippen molar-refractivity contribution in [3.05, 3.63) is 30.1 Å². The van der Waals surface area contributed by atoms with Gasteiger partial charge in [-0.3, -0.25) is 0 Å². The Labute approximate surface area is 99.3 Å². The Kier molecular flexibility index (Phi) is 3.66. The minimum absolute atomic E-state index is 0.193. The van der Waals surface area contributed by atoms with E-state index >= 15 is 0 Å². The highest BCUT2D eigenvalue weighted by Gasteiger charge is 2.02. The van der Waals surface area contributed by atoms with Crippen LogP contribution in [0.15, 0.2) is 24.5 Å². The summed E-state index contributed by atoms with van der Waals surface area (Å²) < 4.78 is 1.61. The number of rotatable bonds is 5. The van der Waals surface area contributed by atoms with E-state index in [-0.39, 0.29) is 6.61 Å². The highest BCUT2D eigenvalue weighted by Crippen LogP contribution is 2.18. The largest absolute Gasteiger partial charge is 0.396 e. The second-order valence-electron chi connectivity index (χ2n) is 3.76. The van der Waals surface area contributed by atoms with Gasteiger partial charge in [-0.1, -0.05) is 6.07 Å². The number of tetrazole rings is 1. The summed E-state index contributed by atoms with van der Waals surface area (Å²) in [5.74, 6) is 0. The molecule has 0 saturated heterocycles. The summed E-state index contributed by atoms with van der Waals surface area (Å²) >= 11 is 0.